The molecule has 1 aliphatic rings. The fraction of sp³-hybridized carbons (Fsp3) is 0.857. The zero-order valence-corrected chi connectivity index (χ0v) is 11.8. The molecular weight excluding hydrogens is 244 g/mol. The normalized spacial score (nSPS) is 20.2. The van der Waals surface area contributed by atoms with Crippen LogP contribution in [0.5, 0.6) is 0 Å². The van der Waals surface area contributed by atoms with E-state index < -0.39 is 5.97 Å². The highest BCUT2D eigenvalue weighted by atomic mass is 16.4. The van der Waals surface area contributed by atoms with Crippen LogP contribution >= 0.6 is 0 Å². The van der Waals surface area contributed by atoms with Gasteiger partial charge in [0.25, 0.3) is 0 Å². The largest absolute Gasteiger partial charge is 0.481 e. The zero-order valence-electron chi connectivity index (χ0n) is 11.8. The summed E-state index contributed by atoms with van der Waals surface area (Å²) < 4.78 is 0. The highest BCUT2D eigenvalue weighted by molar-refractivity contribution is 5.79. The molecular formula is C14H26N2O3. The molecule has 0 saturated carbocycles. The van der Waals surface area contributed by atoms with Crippen LogP contribution in [0.15, 0.2) is 0 Å². The van der Waals surface area contributed by atoms with E-state index in [1.165, 1.54) is 0 Å². The monoisotopic (exact) mass is 270 g/mol. The molecule has 1 heterocycles. The first-order valence-corrected chi connectivity index (χ1v) is 7.33. The lowest BCUT2D eigenvalue weighted by Crippen LogP contribution is -2.33. The maximum atomic E-state index is 11.8. The number of carbonyl (C=O) groups is 2. The Balaban J connectivity index is 2.19. The number of amides is 1. The second-order valence-corrected chi connectivity index (χ2v) is 5.36. The molecule has 5 nitrogen and oxygen atoms in total. The summed E-state index contributed by atoms with van der Waals surface area (Å²) in [6.07, 6.45) is 4.84. The van der Waals surface area contributed by atoms with Gasteiger partial charge in [0, 0.05) is 19.5 Å². The Kier molecular flexibility index (Phi) is 7.48. The quantitative estimate of drug-likeness (QED) is 0.591. The van der Waals surface area contributed by atoms with Crippen molar-refractivity contribution in [3.05, 3.63) is 0 Å². The van der Waals surface area contributed by atoms with Gasteiger partial charge in [-0.1, -0.05) is 19.8 Å². The van der Waals surface area contributed by atoms with Crippen LogP contribution < -0.4 is 10.6 Å². The third-order valence-corrected chi connectivity index (χ3v) is 3.75. The lowest BCUT2D eigenvalue weighted by Gasteiger charge is -2.16. The molecule has 0 aliphatic carbocycles. The van der Waals surface area contributed by atoms with Crippen LogP contribution in [0.3, 0.4) is 0 Å². The molecule has 2 unspecified atom stereocenters. The van der Waals surface area contributed by atoms with E-state index in [0.717, 1.165) is 38.8 Å². The average Bonchev–Trinajstić information content (AvgIpc) is 2.89. The van der Waals surface area contributed by atoms with Crippen LogP contribution in [0.25, 0.3) is 0 Å². The molecule has 0 aromatic rings. The van der Waals surface area contributed by atoms with Gasteiger partial charge in [0.2, 0.25) is 5.91 Å². The number of rotatable bonds is 9. The van der Waals surface area contributed by atoms with Crippen LogP contribution in [-0.2, 0) is 9.59 Å². The van der Waals surface area contributed by atoms with Gasteiger partial charge in [-0.3, -0.25) is 9.59 Å². The third-order valence-electron chi connectivity index (χ3n) is 3.75. The predicted octanol–water partition coefficient (Wildman–Crippen LogP) is 1.38. The zero-order chi connectivity index (χ0) is 14.1. The van der Waals surface area contributed by atoms with Crippen LogP contribution in [0, 0.1) is 11.8 Å². The molecule has 0 spiro atoms. The SMILES string of the molecule is CCCC(CCNC(=O)C1CCNC1)CCC(=O)O. The number of hydrogen-bond acceptors (Lipinski definition) is 3. The van der Waals surface area contributed by atoms with Gasteiger partial charge < -0.3 is 15.7 Å². The number of nitrogens with one attached hydrogen (secondary N) is 2. The highest BCUT2D eigenvalue weighted by Crippen LogP contribution is 2.17. The fourth-order valence-electron chi connectivity index (χ4n) is 2.59. The summed E-state index contributed by atoms with van der Waals surface area (Å²) >= 11 is 0. The first kappa shape index (κ1) is 16.0. The van der Waals surface area contributed by atoms with Crippen LogP contribution in [0.2, 0.25) is 0 Å². The molecule has 1 rings (SSSR count). The number of hydrogen-bond donors (Lipinski definition) is 3. The standard InChI is InChI=1S/C14H26N2O3/c1-2-3-11(4-5-13(17)18)6-9-16-14(19)12-7-8-15-10-12/h11-12,15H,2-10H2,1H3,(H,16,19)(H,17,18). The number of carboxylic acids is 1. The second kappa shape index (κ2) is 8.91. The van der Waals surface area contributed by atoms with E-state index in [2.05, 4.69) is 17.6 Å². The Morgan fingerprint density at radius 2 is 2.16 bits per heavy atom. The molecule has 1 amide bonds. The van der Waals surface area contributed by atoms with Crippen LogP contribution in [0.1, 0.15) is 45.4 Å². The van der Waals surface area contributed by atoms with Crippen molar-refractivity contribution in [2.24, 2.45) is 11.8 Å². The number of carboxylic acid groups (broad SMARTS) is 1. The maximum absolute atomic E-state index is 11.8. The summed E-state index contributed by atoms with van der Waals surface area (Å²) in [5.41, 5.74) is 0. The van der Waals surface area contributed by atoms with E-state index in [0.29, 0.717) is 18.9 Å². The van der Waals surface area contributed by atoms with E-state index in [9.17, 15) is 9.59 Å². The molecule has 19 heavy (non-hydrogen) atoms. The Bertz CT molecular complexity index is 288. The van der Waals surface area contributed by atoms with Crippen molar-refractivity contribution >= 4 is 11.9 Å². The van der Waals surface area contributed by atoms with Gasteiger partial charge in [-0.2, -0.15) is 0 Å². The molecule has 1 fully saturated rings. The summed E-state index contributed by atoms with van der Waals surface area (Å²) in [7, 11) is 0. The van der Waals surface area contributed by atoms with Gasteiger partial charge in [0.1, 0.15) is 0 Å². The molecule has 2 atom stereocenters. The number of carbonyl (C=O) groups excluding carboxylic acids is 1. The van der Waals surface area contributed by atoms with Crippen LogP contribution in [0.4, 0.5) is 0 Å². The van der Waals surface area contributed by atoms with Gasteiger partial charge >= 0.3 is 5.97 Å². The summed E-state index contributed by atoms with van der Waals surface area (Å²) in [5, 5.41) is 14.9. The molecule has 0 aromatic heterocycles. The molecule has 1 saturated heterocycles. The molecule has 5 heteroatoms. The number of aliphatic carboxylic acids is 1. The minimum absolute atomic E-state index is 0.114. The lowest BCUT2D eigenvalue weighted by atomic mass is 9.94. The van der Waals surface area contributed by atoms with E-state index in [4.69, 9.17) is 5.11 Å². The Morgan fingerprint density at radius 1 is 1.37 bits per heavy atom. The fourth-order valence-corrected chi connectivity index (χ4v) is 2.59. The van der Waals surface area contributed by atoms with E-state index >= 15 is 0 Å². The molecule has 110 valence electrons. The first-order valence-electron chi connectivity index (χ1n) is 7.33. The smallest absolute Gasteiger partial charge is 0.303 e. The van der Waals surface area contributed by atoms with Gasteiger partial charge in [-0.15, -0.1) is 0 Å². The minimum atomic E-state index is -0.734. The molecule has 0 aromatic carbocycles. The molecule has 0 radical (unpaired) electrons. The van der Waals surface area contributed by atoms with Crippen molar-refractivity contribution in [3.63, 3.8) is 0 Å². The Hall–Kier alpha value is -1.10. The first-order chi connectivity index (χ1) is 9.13. The maximum Gasteiger partial charge on any atom is 0.303 e. The van der Waals surface area contributed by atoms with Crippen molar-refractivity contribution in [2.75, 3.05) is 19.6 Å². The van der Waals surface area contributed by atoms with Gasteiger partial charge in [0.05, 0.1) is 5.92 Å². The van der Waals surface area contributed by atoms with Gasteiger partial charge in [-0.25, -0.2) is 0 Å². The molecule has 3 N–H and O–H groups in total. The second-order valence-electron chi connectivity index (χ2n) is 5.36. The predicted molar refractivity (Wildman–Crippen MR) is 73.9 cm³/mol. The van der Waals surface area contributed by atoms with E-state index in [1.807, 2.05) is 0 Å². The third kappa shape index (κ3) is 6.57. The highest BCUT2D eigenvalue weighted by Gasteiger charge is 2.22. The Labute approximate surface area is 115 Å². The summed E-state index contributed by atoms with van der Waals surface area (Å²) in [6.45, 7) is 4.48. The van der Waals surface area contributed by atoms with Crippen molar-refractivity contribution in [1.82, 2.24) is 10.6 Å². The van der Waals surface area contributed by atoms with Gasteiger partial charge in [0.15, 0.2) is 0 Å². The lowest BCUT2D eigenvalue weighted by molar-refractivity contribution is -0.137. The Morgan fingerprint density at radius 3 is 2.74 bits per heavy atom. The average molecular weight is 270 g/mol. The van der Waals surface area contributed by atoms with Crippen molar-refractivity contribution in [1.29, 1.82) is 0 Å². The van der Waals surface area contributed by atoms with Crippen LogP contribution in [-0.4, -0.2) is 36.6 Å². The topological polar surface area (TPSA) is 78.4 Å². The van der Waals surface area contributed by atoms with Crippen molar-refractivity contribution < 1.29 is 14.7 Å². The minimum Gasteiger partial charge on any atom is -0.481 e. The van der Waals surface area contributed by atoms with E-state index in [1.54, 1.807) is 0 Å². The summed E-state index contributed by atoms with van der Waals surface area (Å²) in [5.74, 6) is -0.0765. The molecule has 0 bridgehead atoms. The van der Waals surface area contributed by atoms with E-state index in [-0.39, 0.29) is 18.2 Å². The van der Waals surface area contributed by atoms with Crippen molar-refractivity contribution in [3.8, 4) is 0 Å². The summed E-state index contributed by atoms with van der Waals surface area (Å²) in [6, 6.07) is 0. The van der Waals surface area contributed by atoms with Gasteiger partial charge in [-0.05, 0) is 31.7 Å². The van der Waals surface area contributed by atoms with Crippen molar-refractivity contribution in [2.45, 2.75) is 45.4 Å². The molecule has 1 aliphatic heterocycles. The summed E-state index contributed by atoms with van der Waals surface area (Å²) in [4.78, 5) is 22.4.